The first-order valence-electron chi connectivity index (χ1n) is 9.61. The van der Waals surface area contributed by atoms with E-state index in [1.54, 1.807) is 4.90 Å². The molecule has 0 aromatic heterocycles. The van der Waals surface area contributed by atoms with E-state index in [9.17, 15) is 9.59 Å². The fraction of sp³-hybridized carbons (Fsp3) is 0.364. The molecule has 3 rings (SSSR count). The molecule has 0 radical (unpaired) electrons. The molecule has 2 aromatic rings. The second kappa shape index (κ2) is 10.2. The van der Waals surface area contributed by atoms with Crippen molar-refractivity contribution >= 4 is 35.6 Å². The number of anilines is 2. The molecule has 2 amide bonds. The highest BCUT2D eigenvalue weighted by atomic mass is 35.5. The third kappa shape index (κ3) is 4.91. The van der Waals surface area contributed by atoms with E-state index < -0.39 is 0 Å². The zero-order chi connectivity index (χ0) is 19.2. The number of benzene rings is 2. The van der Waals surface area contributed by atoms with Gasteiger partial charge in [0.2, 0.25) is 11.8 Å². The van der Waals surface area contributed by atoms with Gasteiger partial charge in [-0.1, -0.05) is 50.2 Å². The van der Waals surface area contributed by atoms with Gasteiger partial charge in [-0.15, -0.1) is 12.4 Å². The number of nitrogens with zero attached hydrogens (tertiary/aromatic N) is 1. The van der Waals surface area contributed by atoms with Crippen LogP contribution in [-0.2, 0) is 22.6 Å². The molecule has 28 heavy (non-hydrogen) atoms. The summed E-state index contributed by atoms with van der Waals surface area (Å²) in [6.07, 6.45) is 1.11. The van der Waals surface area contributed by atoms with Gasteiger partial charge >= 0.3 is 0 Å². The van der Waals surface area contributed by atoms with Crippen molar-refractivity contribution in [3.8, 4) is 0 Å². The van der Waals surface area contributed by atoms with Crippen LogP contribution in [-0.4, -0.2) is 24.9 Å². The summed E-state index contributed by atoms with van der Waals surface area (Å²) in [5.41, 5.74) is 3.91. The SMILES string of the molecule is CCNCc1ccccc1NC(=O)C1CC(=O)N(c2ccccc2CC)C1.Cl. The van der Waals surface area contributed by atoms with Gasteiger partial charge in [-0.05, 0) is 36.2 Å². The van der Waals surface area contributed by atoms with Crippen LogP contribution in [0.4, 0.5) is 11.4 Å². The van der Waals surface area contributed by atoms with E-state index in [0.717, 1.165) is 35.5 Å². The maximum atomic E-state index is 12.8. The summed E-state index contributed by atoms with van der Waals surface area (Å²) < 4.78 is 0. The lowest BCUT2D eigenvalue weighted by molar-refractivity contribution is -0.122. The van der Waals surface area contributed by atoms with Crippen molar-refractivity contribution in [2.24, 2.45) is 5.92 Å². The standard InChI is InChI=1S/C22H27N3O2.ClH/c1-3-16-9-6-8-12-20(16)25-15-18(13-21(25)26)22(27)24-19-11-7-5-10-17(19)14-23-4-2;/h5-12,18,23H,3-4,13-15H2,1-2H3,(H,24,27);1H. The minimum absolute atomic E-state index is 0. The topological polar surface area (TPSA) is 61.4 Å². The molecular formula is C22H28ClN3O2. The normalized spacial score (nSPS) is 16.0. The van der Waals surface area contributed by atoms with Gasteiger partial charge in [0.25, 0.3) is 0 Å². The minimum Gasteiger partial charge on any atom is -0.325 e. The van der Waals surface area contributed by atoms with Gasteiger partial charge in [0, 0.05) is 30.9 Å². The first-order chi connectivity index (χ1) is 13.1. The lowest BCUT2D eigenvalue weighted by atomic mass is 10.1. The summed E-state index contributed by atoms with van der Waals surface area (Å²) in [5, 5.41) is 6.31. The highest BCUT2D eigenvalue weighted by Gasteiger charge is 2.35. The molecule has 1 atom stereocenters. The van der Waals surface area contributed by atoms with Crippen LogP contribution in [0.5, 0.6) is 0 Å². The first kappa shape index (κ1) is 21.9. The summed E-state index contributed by atoms with van der Waals surface area (Å²) in [6.45, 7) is 6.12. The molecule has 0 spiro atoms. The molecule has 1 aliphatic heterocycles. The van der Waals surface area contributed by atoms with Gasteiger partial charge in [0.05, 0.1) is 5.92 Å². The quantitative estimate of drug-likeness (QED) is 0.742. The van der Waals surface area contributed by atoms with Crippen LogP contribution in [0.3, 0.4) is 0 Å². The number of carbonyl (C=O) groups excluding carboxylic acids is 2. The Labute approximate surface area is 172 Å². The number of hydrogen-bond acceptors (Lipinski definition) is 3. The van der Waals surface area contributed by atoms with E-state index in [0.29, 0.717) is 13.1 Å². The fourth-order valence-electron chi connectivity index (χ4n) is 3.48. The largest absolute Gasteiger partial charge is 0.325 e. The average molecular weight is 402 g/mol. The van der Waals surface area contributed by atoms with E-state index in [1.807, 2.05) is 55.5 Å². The summed E-state index contributed by atoms with van der Waals surface area (Å²) in [4.78, 5) is 27.1. The number of amides is 2. The molecule has 0 saturated carbocycles. The van der Waals surface area contributed by atoms with Crippen molar-refractivity contribution in [3.63, 3.8) is 0 Å². The van der Waals surface area contributed by atoms with Crippen LogP contribution in [0.2, 0.25) is 0 Å². The predicted octanol–water partition coefficient (Wildman–Crippen LogP) is 3.77. The third-order valence-electron chi connectivity index (χ3n) is 5.00. The summed E-state index contributed by atoms with van der Waals surface area (Å²) in [5.74, 6) is -0.421. The Balaban J connectivity index is 0.00000280. The van der Waals surface area contributed by atoms with Gasteiger partial charge < -0.3 is 15.5 Å². The molecule has 0 bridgehead atoms. The second-order valence-corrected chi connectivity index (χ2v) is 6.81. The number of rotatable bonds is 7. The molecule has 2 aromatic carbocycles. The second-order valence-electron chi connectivity index (χ2n) is 6.81. The van der Waals surface area contributed by atoms with Crippen LogP contribution in [0, 0.1) is 5.92 Å². The average Bonchev–Trinajstić information content (AvgIpc) is 3.09. The van der Waals surface area contributed by atoms with Gasteiger partial charge in [-0.2, -0.15) is 0 Å². The molecule has 150 valence electrons. The molecule has 1 aliphatic rings. The number of para-hydroxylation sites is 2. The minimum atomic E-state index is -0.338. The van der Waals surface area contributed by atoms with E-state index in [-0.39, 0.29) is 36.6 Å². The molecular weight excluding hydrogens is 374 g/mol. The highest BCUT2D eigenvalue weighted by Crippen LogP contribution is 2.29. The lowest BCUT2D eigenvalue weighted by Gasteiger charge is -2.20. The third-order valence-corrected chi connectivity index (χ3v) is 5.00. The number of aryl methyl sites for hydroxylation is 1. The maximum Gasteiger partial charge on any atom is 0.229 e. The maximum absolute atomic E-state index is 12.8. The summed E-state index contributed by atoms with van der Waals surface area (Å²) >= 11 is 0. The fourth-order valence-corrected chi connectivity index (χ4v) is 3.48. The summed E-state index contributed by atoms with van der Waals surface area (Å²) in [6, 6.07) is 15.7. The zero-order valence-corrected chi connectivity index (χ0v) is 17.2. The van der Waals surface area contributed by atoms with Gasteiger partial charge in [0.15, 0.2) is 0 Å². The van der Waals surface area contributed by atoms with E-state index in [2.05, 4.69) is 17.6 Å². The molecule has 5 nitrogen and oxygen atoms in total. The number of halogens is 1. The number of nitrogens with one attached hydrogen (secondary N) is 2. The smallest absolute Gasteiger partial charge is 0.229 e. The number of carbonyl (C=O) groups is 2. The van der Waals surface area contributed by atoms with Crippen molar-refractivity contribution in [3.05, 3.63) is 59.7 Å². The van der Waals surface area contributed by atoms with Crippen LogP contribution in [0.1, 0.15) is 31.4 Å². The van der Waals surface area contributed by atoms with Crippen LogP contribution < -0.4 is 15.5 Å². The Hall–Kier alpha value is -2.37. The Kier molecular flexibility index (Phi) is 8.03. The Morgan fingerprint density at radius 2 is 1.75 bits per heavy atom. The molecule has 1 heterocycles. The van der Waals surface area contributed by atoms with Gasteiger partial charge in [-0.25, -0.2) is 0 Å². The molecule has 1 fully saturated rings. The van der Waals surface area contributed by atoms with E-state index in [4.69, 9.17) is 0 Å². The van der Waals surface area contributed by atoms with Crippen LogP contribution in [0.15, 0.2) is 48.5 Å². The van der Waals surface area contributed by atoms with Crippen molar-refractivity contribution in [2.45, 2.75) is 33.2 Å². The molecule has 6 heteroatoms. The summed E-state index contributed by atoms with van der Waals surface area (Å²) in [7, 11) is 0. The Morgan fingerprint density at radius 1 is 1.07 bits per heavy atom. The first-order valence-corrected chi connectivity index (χ1v) is 9.61. The molecule has 0 aliphatic carbocycles. The van der Waals surface area contributed by atoms with Crippen molar-refractivity contribution in [1.29, 1.82) is 0 Å². The Morgan fingerprint density at radius 3 is 2.46 bits per heavy atom. The van der Waals surface area contributed by atoms with Crippen LogP contribution in [0.25, 0.3) is 0 Å². The lowest BCUT2D eigenvalue weighted by Crippen LogP contribution is -2.29. The monoisotopic (exact) mass is 401 g/mol. The highest BCUT2D eigenvalue weighted by molar-refractivity contribution is 6.04. The van der Waals surface area contributed by atoms with E-state index >= 15 is 0 Å². The van der Waals surface area contributed by atoms with Gasteiger partial charge in [-0.3, -0.25) is 9.59 Å². The molecule has 1 unspecified atom stereocenters. The zero-order valence-electron chi connectivity index (χ0n) is 16.4. The predicted molar refractivity (Wildman–Crippen MR) is 116 cm³/mol. The van der Waals surface area contributed by atoms with Crippen molar-refractivity contribution in [1.82, 2.24) is 5.32 Å². The van der Waals surface area contributed by atoms with Crippen molar-refractivity contribution in [2.75, 3.05) is 23.3 Å². The Bertz CT molecular complexity index is 825. The van der Waals surface area contributed by atoms with Gasteiger partial charge in [0.1, 0.15) is 0 Å². The molecule has 2 N–H and O–H groups in total. The van der Waals surface area contributed by atoms with Crippen LogP contribution >= 0.6 is 12.4 Å². The van der Waals surface area contributed by atoms with Crippen molar-refractivity contribution < 1.29 is 9.59 Å². The van der Waals surface area contributed by atoms with E-state index in [1.165, 1.54) is 0 Å². The number of hydrogen-bond donors (Lipinski definition) is 2. The molecule has 1 saturated heterocycles.